The molecule has 7 heteroatoms. The number of carbonyl (C=O) groups is 2. The van der Waals surface area contributed by atoms with Crippen LogP contribution in [0.5, 0.6) is 0 Å². The molecule has 1 N–H and O–H groups in total. The third-order valence-corrected chi connectivity index (χ3v) is 5.34. The summed E-state index contributed by atoms with van der Waals surface area (Å²) in [5, 5.41) is 9.58. The van der Waals surface area contributed by atoms with E-state index in [1.807, 2.05) is 17.0 Å². The molecule has 0 radical (unpaired) electrons. The van der Waals surface area contributed by atoms with Crippen LogP contribution >= 0.6 is 31.9 Å². The van der Waals surface area contributed by atoms with Gasteiger partial charge in [0.25, 0.3) is 5.91 Å². The minimum absolute atomic E-state index is 0.176. The van der Waals surface area contributed by atoms with Crippen molar-refractivity contribution in [2.75, 3.05) is 18.0 Å². The number of rotatable bonds is 2. The van der Waals surface area contributed by atoms with Crippen LogP contribution in [0.4, 0.5) is 5.69 Å². The second kappa shape index (κ2) is 6.39. The number of likely N-dealkylation sites (tertiary alicyclic amines) is 1. The summed E-state index contributed by atoms with van der Waals surface area (Å²) in [6.07, 6.45) is 1.22. The van der Waals surface area contributed by atoms with Gasteiger partial charge in [-0.3, -0.25) is 14.5 Å². The zero-order valence-corrected chi connectivity index (χ0v) is 15.0. The maximum atomic E-state index is 12.7. The Kier molecular flexibility index (Phi) is 4.68. The van der Waals surface area contributed by atoms with Crippen LogP contribution in [0.3, 0.4) is 0 Å². The quantitative estimate of drug-likeness (QED) is 0.730. The second-order valence-electron chi connectivity index (χ2n) is 5.65. The molecule has 22 heavy (non-hydrogen) atoms. The molecule has 1 aromatic rings. The number of aliphatic hydroxyl groups is 1. The average molecular weight is 432 g/mol. The van der Waals surface area contributed by atoms with E-state index in [1.54, 1.807) is 6.07 Å². The molecule has 0 aromatic heterocycles. The summed E-state index contributed by atoms with van der Waals surface area (Å²) in [7, 11) is 0. The molecule has 0 aliphatic carbocycles. The molecule has 0 unspecified atom stereocenters. The van der Waals surface area contributed by atoms with Crippen LogP contribution in [-0.4, -0.2) is 47.1 Å². The number of amides is 2. The summed E-state index contributed by atoms with van der Waals surface area (Å²) < 4.78 is 1.59. The Morgan fingerprint density at radius 3 is 2.45 bits per heavy atom. The predicted octanol–water partition coefficient (Wildman–Crippen LogP) is 2.30. The summed E-state index contributed by atoms with van der Waals surface area (Å²) in [6.45, 7) is 1.31. The molecule has 1 atom stereocenters. The van der Waals surface area contributed by atoms with E-state index in [9.17, 15) is 14.7 Å². The zero-order valence-electron chi connectivity index (χ0n) is 11.8. The number of piperidine rings is 1. The number of imide groups is 1. The third kappa shape index (κ3) is 2.99. The highest BCUT2D eigenvalue weighted by Gasteiger charge is 2.43. The van der Waals surface area contributed by atoms with Gasteiger partial charge in [0.1, 0.15) is 0 Å². The first-order chi connectivity index (χ1) is 10.5. The molecule has 0 bridgehead atoms. The fourth-order valence-corrected chi connectivity index (χ4v) is 4.24. The monoisotopic (exact) mass is 430 g/mol. The topological polar surface area (TPSA) is 60.9 Å². The van der Waals surface area contributed by atoms with E-state index >= 15 is 0 Å². The van der Waals surface area contributed by atoms with Crippen molar-refractivity contribution in [3.05, 3.63) is 27.1 Å². The highest BCUT2D eigenvalue weighted by molar-refractivity contribution is 9.11. The van der Waals surface area contributed by atoms with Crippen molar-refractivity contribution >= 4 is 49.4 Å². The van der Waals surface area contributed by atoms with Crippen LogP contribution in [0.25, 0.3) is 0 Å². The summed E-state index contributed by atoms with van der Waals surface area (Å²) in [5.41, 5.74) is 0.581. The van der Waals surface area contributed by atoms with Crippen molar-refractivity contribution in [1.82, 2.24) is 4.90 Å². The average Bonchev–Trinajstić information content (AvgIpc) is 2.76. The first kappa shape index (κ1) is 16.1. The zero-order chi connectivity index (χ0) is 15.9. The third-order valence-electron chi connectivity index (χ3n) is 4.21. The largest absolute Gasteiger partial charge is 0.393 e. The molecule has 5 nitrogen and oxygen atoms in total. The van der Waals surface area contributed by atoms with E-state index in [2.05, 4.69) is 31.9 Å². The van der Waals surface area contributed by atoms with Gasteiger partial charge in [0.05, 0.1) is 24.3 Å². The Bertz CT molecular complexity index is 615. The van der Waals surface area contributed by atoms with Crippen molar-refractivity contribution in [2.45, 2.75) is 31.4 Å². The molecular weight excluding hydrogens is 416 g/mol. The van der Waals surface area contributed by atoms with Crippen LogP contribution in [-0.2, 0) is 9.59 Å². The fraction of sp³-hybridized carbons (Fsp3) is 0.467. The highest BCUT2D eigenvalue weighted by Crippen LogP contribution is 2.34. The fourth-order valence-electron chi connectivity index (χ4n) is 3.01. The number of halogens is 2. The Morgan fingerprint density at radius 1 is 1.14 bits per heavy atom. The van der Waals surface area contributed by atoms with Gasteiger partial charge >= 0.3 is 0 Å². The molecular formula is C15H16Br2N2O3. The molecule has 0 saturated carbocycles. The lowest BCUT2D eigenvalue weighted by molar-refractivity contribution is -0.123. The predicted molar refractivity (Wildman–Crippen MR) is 89.6 cm³/mol. The van der Waals surface area contributed by atoms with Crippen molar-refractivity contribution in [1.29, 1.82) is 0 Å². The second-order valence-corrected chi connectivity index (χ2v) is 7.42. The summed E-state index contributed by atoms with van der Waals surface area (Å²) in [6, 6.07) is 4.98. The molecule has 2 saturated heterocycles. The number of hydrogen-bond donors (Lipinski definition) is 1. The van der Waals surface area contributed by atoms with E-state index in [0.717, 1.165) is 4.47 Å². The Hall–Kier alpha value is -0.760. The smallest absolute Gasteiger partial charge is 0.251 e. The van der Waals surface area contributed by atoms with Gasteiger partial charge in [0.15, 0.2) is 0 Å². The molecule has 2 aliphatic rings. The van der Waals surface area contributed by atoms with Gasteiger partial charge in [-0.2, -0.15) is 0 Å². The maximum Gasteiger partial charge on any atom is 0.251 e. The van der Waals surface area contributed by atoms with Crippen molar-refractivity contribution < 1.29 is 14.7 Å². The standard InChI is InChI=1S/C15H16Br2N2O3/c16-9-1-2-12(11(17)7-9)19-14(21)8-13(15(19)22)18-5-3-10(20)4-6-18/h1-2,7,10,13,20H,3-6,8H2/t13-/m0/s1. The van der Waals surface area contributed by atoms with Crippen molar-refractivity contribution in [2.24, 2.45) is 0 Å². The number of nitrogens with zero attached hydrogens (tertiary/aromatic N) is 2. The first-order valence-electron chi connectivity index (χ1n) is 7.21. The summed E-state index contributed by atoms with van der Waals surface area (Å²) in [5.74, 6) is -0.353. The minimum atomic E-state index is -0.407. The summed E-state index contributed by atoms with van der Waals surface area (Å²) >= 11 is 6.78. The number of aliphatic hydroxyl groups excluding tert-OH is 1. The lowest BCUT2D eigenvalue weighted by Crippen LogP contribution is -2.46. The SMILES string of the molecule is O=C1C[C@H](N2CCC(O)CC2)C(=O)N1c1ccc(Br)cc1Br. The van der Waals surface area contributed by atoms with E-state index in [-0.39, 0.29) is 24.3 Å². The molecule has 2 fully saturated rings. The minimum Gasteiger partial charge on any atom is -0.393 e. The molecule has 1 aromatic carbocycles. The molecule has 0 spiro atoms. The van der Waals surface area contributed by atoms with Gasteiger partial charge in [-0.25, -0.2) is 4.90 Å². The first-order valence-corrected chi connectivity index (χ1v) is 8.80. The lowest BCUT2D eigenvalue weighted by atomic mass is 10.1. The van der Waals surface area contributed by atoms with Crippen molar-refractivity contribution in [3.8, 4) is 0 Å². The lowest BCUT2D eigenvalue weighted by Gasteiger charge is -2.32. The van der Waals surface area contributed by atoms with Crippen molar-refractivity contribution in [3.63, 3.8) is 0 Å². The van der Waals surface area contributed by atoms with Crippen LogP contribution in [0.2, 0.25) is 0 Å². The Balaban J connectivity index is 1.82. The van der Waals surface area contributed by atoms with Gasteiger partial charge in [-0.05, 0) is 47.0 Å². The molecule has 118 valence electrons. The molecule has 2 aliphatic heterocycles. The van der Waals surface area contributed by atoms with Gasteiger partial charge in [0.2, 0.25) is 5.91 Å². The molecule has 3 rings (SSSR count). The van der Waals surface area contributed by atoms with Gasteiger partial charge in [0, 0.05) is 22.0 Å². The number of anilines is 1. The highest BCUT2D eigenvalue weighted by atomic mass is 79.9. The van der Waals surface area contributed by atoms with Crippen LogP contribution < -0.4 is 4.90 Å². The number of carbonyl (C=O) groups excluding carboxylic acids is 2. The van der Waals surface area contributed by atoms with Gasteiger partial charge < -0.3 is 5.11 Å². The molecule has 2 amide bonds. The van der Waals surface area contributed by atoms with E-state index in [0.29, 0.717) is 36.1 Å². The van der Waals surface area contributed by atoms with E-state index in [1.165, 1.54) is 4.90 Å². The van der Waals surface area contributed by atoms with E-state index in [4.69, 9.17) is 0 Å². The normalized spacial score (nSPS) is 24.3. The van der Waals surface area contributed by atoms with Gasteiger partial charge in [-0.15, -0.1) is 0 Å². The van der Waals surface area contributed by atoms with Crippen LogP contribution in [0.15, 0.2) is 27.1 Å². The molecule has 2 heterocycles. The van der Waals surface area contributed by atoms with E-state index < -0.39 is 6.04 Å². The van der Waals surface area contributed by atoms with Crippen LogP contribution in [0.1, 0.15) is 19.3 Å². The Morgan fingerprint density at radius 2 is 1.82 bits per heavy atom. The summed E-state index contributed by atoms with van der Waals surface area (Å²) in [4.78, 5) is 28.3. The van der Waals surface area contributed by atoms with Crippen LogP contribution in [0, 0.1) is 0 Å². The maximum absolute atomic E-state index is 12.7. The Labute approximate surface area is 145 Å². The van der Waals surface area contributed by atoms with Gasteiger partial charge in [-0.1, -0.05) is 15.9 Å². The number of hydrogen-bond acceptors (Lipinski definition) is 4. The number of benzene rings is 1.